The Kier molecular flexibility index (Phi) is 15.3. The van der Waals surface area contributed by atoms with Crippen molar-refractivity contribution in [3.63, 3.8) is 0 Å². The zero-order valence-electron chi connectivity index (χ0n) is 42.1. The van der Waals surface area contributed by atoms with Crippen molar-refractivity contribution in [2.75, 3.05) is 42.6 Å². The Morgan fingerprint density at radius 2 is 1.03 bits per heavy atom. The van der Waals surface area contributed by atoms with Crippen LogP contribution in [0, 0.1) is 25.7 Å². The number of benzene rings is 4. The molecule has 0 spiro atoms. The highest BCUT2D eigenvalue weighted by Crippen LogP contribution is 2.34. The number of aliphatic hydroxyl groups excluding tert-OH is 1. The van der Waals surface area contributed by atoms with Crippen LogP contribution in [0.3, 0.4) is 0 Å². The van der Waals surface area contributed by atoms with Crippen LogP contribution in [0.25, 0.3) is 0 Å². The number of aromatic nitrogens is 4. The lowest BCUT2D eigenvalue weighted by Crippen LogP contribution is -2.39. The van der Waals surface area contributed by atoms with Gasteiger partial charge in [0.2, 0.25) is 11.8 Å². The third-order valence-corrected chi connectivity index (χ3v) is 15.4. The van der Waals surface area contributed by atoms with Crippen molar-refractivity contribution >= 4 is 41.3 Å². The lowest BCUT2D eigenvalue weighted by atomic mass is 9.96. The summed E-state index contributed by atoms with van der Waals surface area (Å²) in [7, 11) is 3.89. The molecule has 2 aromatic heterocycles. The summed E-state index contributed by atoms with van der Waals surface area (Å²) in [5, 5.41) is 18.1. The summed E-state index contributed by atoms with van der Waals surface area (Å²) in [6, 6.07) is 27.8. The molecule has 10 rings (SSSR count). The third kappa shape index (κ3) is 10.8. The van der Waals surface area contributed by atoms with Crippen molar-refractivity contribution in [3.8, 4) is 0 Å². The van der Waals surface area contributed by atoms with Gasteiger partial charge >= 0.3 is 0 Å². The third-order valence-electron chi connectivity index (χ3n) is 15.4. The SMILES string of the molecule is Cc1cc(C(=O)N2Cc3cnn(C)c3Cc3ccccc32)ccc1CCC(=O)N1CCC(C=O)CC1.Cc1cc(C(=O)N2Cc3cnn(C)c3Cc3ccccc32)ccc1CCC(=O)N1CCC(CO)CC1. The van der Waals surface area contributed by atoms with E-state index in [1.807, 2.05) is 142 Å². The summed E-state index contributed by atoms with van der Waals surface area (Å²) in [4.78, 5) is 71.3. The van der Waals surface area contributed by atoms with E-state index in [1.165, 1.54) is 0 Å². The van der Waals surface area contributed by atoms with Crippen molar-refractivity contribution in [1.29, 1.82) is 0 Å². The molecule has 4 amide bonds. The van der Waals surface area contributed by atoms with Crippen molar-refractivity contribution in [3.05, 3.63) is 164 Å². The van der Waals surface area contributed by atoms with E-state index in [1.54, 1.807) is 0 Å². The summed E-state index contributed by atoms with van der Waals surface area (Å²) in [6.07, 6.45) is 11.7. The number of aliphatic hydroxyl groups is 1. The molecular formula is C58H66N8O6. The fourth-order valence-corrected chi connectivity index (χ4v) is 10.8. The number of hydrogen-bond acceptors (Lipinski definition) is 8. The van der Waals surface area contributed by atoms with Crippen LogP contribution in [0.1, 0.15) is 115 Å². The predicted octanol–water partition coefficient (Wildman–Crippen LogP) is 7.49. The van der Waals surface area contributed by atoms with Crippen LogP contribution in [-0.2, 0) is 67.3 Å². The minimum absolute atomic E-state index is 0.0309. The van der Waals surface area contributed by atoms with E-state index >= 15 is 0 Å². The molecule has 4 aliphatic rings. The maximum atomic E-state index is 13.7. The fourth-order valence-electron chi connectivity index (χ4n) is 10.8. The number of carbonyl (C=O) groups is 5. The summed E-state index contributed by atoms with van der Waals surface area (Å²) in [5.41, 5.74) is 14.0. The first kappa shape index (κ1) is 49.8. The van der Waals surface area contributed by atoms with Gasteiger partial charge in [0.05, 0.1) is 25.5 Å². The van der Waals surface area contributed by atoms with Crippen LogP contribution in [0.4, 0.5) is 11.4 Å². The monoisotopic (exact) mass is 971 g/mol. The van der Waals surface area contributed by atoms with Gasteiger partial charge in [-0.1, -0.05) is 48.5 Å². The Hall–Kier alpha value is -7.19. The van der Waals surface area contributed by atoms with Gasteiger partial charge in [-0.3, -0.25) is 28.5 Å². The topological polar surface area (TPSA) is 154 Å². The van der Waals surface area contributed by atoms with E-state index in [0.29, 0.717) is 68.9 Å². The Morgan fingerprint density at radius 3 is 1.44 bits per heavy atom. The maximum absolute atomic E-state index is 13.7. The Balaban J connectivity index is 0.000000178. The maximum Gasteiger partial charge on any atom is 0.258 e. The number of nitrogens with zero attached hydrogens (tertiary/aromatic N) is 8. The van der Waals surface area contributed by atoms with Gasteiger partial charge in [0.25, 0.3) is 11.8 Å². The summed E-state index contributed by atoms with van der Waals surface area (Å²) in [5.74, 6) is 0.635. The molecule has 0 aliphatic carbocycles. The first-order valence-electron chi connectivity index (χ1n) is 25.5. The number of piperidine rings is 2. The number of anilines is 2. The first-order valence-corrected chi connectivity index (χ1v) is 25.5. The number of hydrogen-bond donors (Lipinski definition) is 1. The molecule has 0 radical (unpaired) electrons. The van der Waals surface area contributed by atoms with Gasteiger partial charge in [-0.05, 0) is 128 Å². The van der Waals surface area contributed by atoms with Crippen LogP contribution in [0.15, 0.2) is 97.3 Å². The number of aldehydes is 1. The van der Waals surface area contributed by atoms with Crippen LogP contribution >= 0.6 is 0 Å². The van der Waals surface area contributed by atoms with Crippen molar-refractivity contribution in [2.45, 2.75) is 91.1 Å². The predicted molar refractivity (Wildman–Crippen MR) is 277 cm³/mol. The average Bonchev–Trinajstić information content (AvgIpc) is 3.80. The summed E-state index contributed by atoms with van der Waals surface area (Å²) < 4.78 is 3.79. The van der Waals surface area contributed by atoms with Crippen LogP contribution in [-0.4, -0.2) is 97.2 Å². The van der Waals surface area contributed by atoms with Crippen LogP contribution < -0.4 is 9.80 Å². The molecule has 6 heterocycles. The minimum atomic E-state index is -0.0390. The van der Waals surface area contributed by atoms with Crippen molar-refractivity contribution in [1.82, 2.24) is 29.4 Å². The van der Waals surface area contributed by atoms with E-state index in [2.05, 4.69) is 22.3 Å². The molecule has 2 fully saturated rings. The van der Waals surface area contributed by atoms with E-state index in [9.17, 15) is 29.1 Å². The second-order valence-electron chi connectivity index (χ2n) is 20.0. The number of para-hydroxylation sites is 2. The van der Waals surface area contributed by atoms with Gasteiger partial charge in [0.15, 0.2) is 0 Å². The van der Waals surface area contributed by atoms with Gasteiger partial charge in [0, 0.05) is 123 Å². The molecule has 6 aromatic rings. The van der Waals surface area contributed by atoms with Gasteiger partial charge in [-0.2, -0.15) is 10.2 Å². The molecule has 72 heavy (non-hydrogen) atoms. The van der Waals surface area contributed by atoms with Gasteiger partial charge in [-0.25, -0.2) is 0 Å². The van der Waals surface area contributed by atoms with Crippen molar-refractivity contribution < 1.29 is 29.1 Å². The highest BCUT2D eigenvalue weighted by molar-refractivity contribution is 6.07. The number of likely N-dealkylation sites (tertiary alicyclic amines) is 2. The molecule has 14 heteroatoms. The molecule has 374 valence electrons. The number of rotatable bonds is 10. The summed E-state index contributed by atoms with van der Waals surface area (Å²) in [6.45, 7) is 7.96. The molecule has 0 saturated carbocycles. The van der Waals surface area contributed by atoms with Crippen LogP contribution in [0.5, 0.6) is 0 Å². The Morgan fingerprint density at radius 1 is 0.597 bits per heavy atom. The molecule has 0 bridgehead atoms. The van der Waals surface area contributed by atoms with E-state index in [0.717, 1.165) is 125 Å². The van der Waals surface area contributed by atoms with Gasteiger partial charge < -0.3 is 29.5 Å². The quantitative estimate of drug-likeness (QED) is 0.139. The zero-order valence-corrected chi connectivity index (χ0v) is 42.1. The smallest absolute Gasteiger partial charge is 0.258 e. The molecule has 2 saturated heterocycles. The van der Waals surface area contributed by atoms with Crippen molar-refractivity contribution in [2.24, 2.45) is 25.9 Å². The molecule has 4 aromatic carbocycles. The fraction of sp³-hybridized carbons (Fsp3) is 0.397. The standard InChI is InChI=1S/C29H34N4O3.C29H32N4O3/c2*1-20-15-24(8-7-22(20)9-10-28(35)32-13-11-21(19-34)12-14-32)29(36)33-18-25-17-30-31(2)27(25)16-23-5-3-4-6-26(23)33/h3-8,15,17,21,34H,9-14,16,18-19H2,1-2H3;3-8,15,17,19,21H,9-14,16,18H2,1-2H3. The highest BCUT2D eigenvalue weighted by Gasteiger charge is 2.30. The molecule has 0 unspecified atom stereocenters. The lowest BCUT2D eigenvalue weighted by molar-refractivity contribution is -0.133. The van der Waals surface area contributed by atoms with E-state index < -0.39 is 0 Å². The molecule has 1 N–H and O–H groups in total. The number of amides is 4. The lowest BCUT2D eigenvalue weighted by Gasteiger charge is -2.31. The highest BCUT2D eigenvalue weighted by atomic mass is 16.3. The van der Waals surface area contributed by atoms with Crippen LogP contribution in [0.2, 0.25) is 0 Å². The average molecular weight is 971 g/mol. The van der Waals surface area contributed by atoms with Gasteiger partial charge in [-0.15, -0.1) is 0 Å². The summed E-state index contributed by atoms with van der Waals surface area (Å²) >= 11 is 0. The van der Waals surface area contributed by atoms with E-state index in [4.69, 9.17) is 0 Å². The first-order chi connectivity index (χ1) is 34.9. The molecule has 4 aliphatic heterocycles. The Bertz CT molecular complexity index is 2980. The largest absolute Gasteiger partial charge is 0.396 e. The number of aryl methyl sites for hydroxylation is 6. The second-order valence-corrected chi connectivity index (χ2v) is 20.0. The molecule has 0 atom stereocenters. The minimum Gasteiger partial charge on any atom is -0.396 e. The second kappa shape index (κ2) is 22.1. The molecule has 14 nitrogen and oxygen atoms in total. The number of fused-ring (bicyclic) bond motifs is 4. The van der Waals surface area contributed by atoms with Gasteiger partial charge in [0.1, 0.15) is 6.29 Å². The zero-order chi connectivity index (χ0) is 50.5. The normalized spacial score (nSPS) is 15.8. The van der Waals surface area contributed by atoms with E-state index in [-0.39, 0.29) is 36.2 Å². The Labute approximate surface area is 422 Å². The molecular weight excluding hydrogens is 905 g/mol. The number of carbonyl (C=O) groups excluding carboxylic acids is 5.